The van der Waals surface area contributed by atoms with E-state index in [2.05, 4.69) is 4.98 Å². The third-order valence-corrected chi connectivity index (χ3v) is 6.72. The number of aromatic nitrogens is 1. The molecule has 0 aliphatic carbocycles. The third kappa shape index (κ3) is 5.18. The first-order valence-electron chi connectivity index (χ1n) is 8.37. The quantitative estimate of drug-likeness (QED) is 0.688. The van der Waals surface area contributed by atoms with Crippen molar-refractivity contribution in [1.82, 2.24) is 9.29 Å². The summed E-state index contributed by atoms with van der Waals surface area (Å²) in [7, 11) is -3.58. The molecule has 0 radical (unpaired) electrons. The Labute approximate surface area is 163 Å². The minimum atomic E-state index is -3.58. The fourth-order valence-electron chi connectivity index (χ4n) is 2.90. The highest BCUT2D eigenvalue weighted by Crippen LogP contribution is 2.25. The lowest BCUT2D eigenvalue weighted by atomic mass is 10.2. The van der Waals surface area contributed by atoms with Crippen LogP contribution in [0.5, 0.6) is 0 Å². The Morgan fingerprint density at radius 3 is 2.69 bits per heavy atom. The molecule has 1 aromatic heterocycles. The highest BCUT2D eigenvalue weighted by Gasteiger charge is 2.28. The number of benzene rings is 1. The molecule has 0 saturated carbocycles. The molecule has 0 bridgehead atoms. The van der Waals surface area contributed by atoms with Gasteiger partial charge in [0, 0.05) is 19.3 Å². The smallest absolute Gasteiger partial charge is 0.218 e. The van der Waals surface area contributed by atoms with Crippen molar-refractivity contribution >= 4 is 33.2 Å². The fourth-order valence-corrected chi connectivity index (χ4v) is 4.72. The minimum Gasteiger partial charge on any atom is -0.377 e. The molecule has 1 aliphatic heterocycles. The molecule has 3 rings (SSSR count). The average Bonchev–Trinajstić information content (AvgIpc) is 3.11. The topological polar surface area (TPSA) is 59.5 Å². The van der Waals surface area contributed by atoms with Crippen LogP contribution in [-0.2, 0) is 27.1 Å². The molecule has 1 atom stereocenters. The molecule has 1 aliphatic rings. The Kier molecular flexibility index (Phi) is 6.53. The van der Waals surface area contributed by atoms with E-state index in [1.54, 1.807) is 30.5 Å². The van der Waals surface area contributed by atoms with Crippen LogP contribution in [0.2, 0.25) is 10.0 Å². The molecule has 1 fully saturated rings. The Bertz CT molecular complexity index is 841. The average molecular weight is 415 g/mol. The summed E-state index contributed by atoms with van der Waals surface area (Å²) in [4.78, 5) is 4.25. The van der Waals surface area contributed by atoms with E-state index < -0.39 is 10.0 Å². The van der Waals surface area contributed by atoms with E-state index in [0.29, 0.717) is 34.5 Å². The van der Waals surface area contributed by atoms with Gasteiger partial charge in [0.2, 0.25) is 10.0 Å². The number of hydrogen-bond acceptors (Lipinski definition) is 4. The van der Waals surface area contributed by atoms with Crippen molar-refractivity contribution in [1.29, 1.82) is 0 Å². The van der Waals surface area contributed by atoms with Crippen LogP contribution in [0.4, 0.5) is 0 Å². The lowest BCUT2D eigenvalue weighted by Crippen LogP contribution is -2.37. The molecule has 26 heavy (non-hydrogen) atoms. The van der Waals surface area contributed by atoms with Crippen molar-refractivity contribution in [3.05, 3.63) is 63.9 Å². The molecular formula is C18H20Cl2N2O3S. The van der Waals surface area contributed by atoms with E-state index in [1.807, 2.05) is 12.1 Å². The van der Waals surface area contributed by atoms with Crippen LogP contribution in [0.25, 0.3) is 0 Å². The van der Waals surface area contributed by atoms with Crippen LogP contribution in [-0.4, -0.2) is 37.0 Å². The molecule has 0 N–H and O–H groups in total. The van der Waals surface area contributed by atoms with E-state index in [0.717, 1.165) is 12.8 Å². The first-order chi connectivity index (χ1) is 12.4. The van der Waals surface area contributed by atoms with Crippen LogP contribution < -0.4 is 0 Å². The molecule has 1 saturated heterocycles. The summed E-state index contributed by atoms with van der Waals surface area (Å²) in [6.07, 6.45) is 3.39. The van der Waals surface area contributed by atoms with Crippen molar-refractivity contribution in [3.63, 3.8) is 0 Å². The minimum absolute atomic E-state index is 0.0812. The van der Waals surface area contributed by atoms with Gasteiger partial charge in [-0.05, 0) is 42.7 Å². The van der Waals surface area contributed by atoms with Gasteiger partial charge in [-0.2, -0.15) is 4.31 Å². The predicted octanol–water partition coefficient (Wildman–Crippen LogP) is 3.90. The molecular weight excluding hydrogens is 395 g/mol. The van der Waals surface area contributed by atoms with Gasteiger partial charge < -0.3 is 4.74 Å². The molecule has 5 nitrogen and oxygen atoms in total. The monoisotopic (exact) mass is 414 g/mol. The summed E-state index contributed by atoms with van der Waals surface area (Å²) in [5.74, 6) is -0.149. The summed E-state index contributed by atoms with van der Waals surface area (Å²) in [6, 6.07) is 10.3. The van der Waals surface area contributed by atoms with Gasteiger partial charge >= 0.3 is 0 Å². The van der Waals surface area contributed by atoms with Gasteiger partial charge in [0.1, 0.15) is 0 Å². The van der Waals surface area contributed by atoms with Gasteiger partial charge in [0.15, 0.2) is 0 Å². The van der Waals surface area contributed by atoms with Crippen molar-refractivity contribution < 1.29 is 13.2 Å². The zero-order valence-electron chi connectivity index (χ0n) is 14.1. The molecule has 140 valence electrons. The third-order valence-electron chi connectivity index (χ3n) is 4.22. The van der Waals surface area contributed by atoms with E-state index >= 15 is 0 Å². The lowest BCUT2D eigenvalue weighted by Gasteiger charge is -2.24. The lowest BCUT2D eigenvalue weighted by molar-refractivity contribution is 0.0923. The zero-order valence-corrected chi connectivity index (χ0v) is 16.5. The van der Waals surface area contributed by atoms with Gasteiger partial charge in [-0.15, -0.1) is 0 Å². The maximum Gasteiger partial charge on any atom is 0.218 e. The van der Waals surface area contributed by atoms with Gasteiger partial charge in [0.05, 0.1) is 34.1 Å². The molecule has 8 heteroatoms. The van der Waals surface area contributed by atoms with Crippen molar-refractivity contribution in [2.75, 3.05) is 13.2 Å². The zero-order chi connectivity index (χ0) is 18.6. The van der Waals surface area contributed by atoms with E-state index in [9.17, 15) is 8.42 Å². The van der Waals surface area contributed by atoms with Gasteiger partial charge in [0.25, 0.3) is 0 Å². The predicted molar refractivity (Wildman–Crippen MR) is 103 cm³/mol. The summed E-state index contributed by atoms with van der Waals surface area (Å²) in [5.41, 5.74) is 1.29. The number of rotatable bonds is 7. The first kappa shape index (κ1) is 19.6. The summed E-state index contributed by atoms with van der Waals surface area (Å²) >= 11 is 11.9. The second-order valence-corrected chi connectivity index (χ2v) is 9.04. The van der Waals surface area contributed by atoms with Crippen LogP contribution in [0.1, 0.15) is 24.1 Å². The molecule has 0 amide bonds. The Morgan fingerprint density at radius 2 is 2.04 bits per heavy atom. The van der Waals surface area contributed by atoms with Gasteiger partial charge in [-0.3, -0.25) is 4.98 Å². The van der Waals surface area contributed by atoms with Crippen molar-refractivity contribution in [3.8, 4) is 0 Å². The van der Waals surface area contributed by atoms with Crippen molar-refractivity contribution in [2.45, 2.75) is 31.2 Å². The largest absolute Gasteiger partial charge is 0.377 e. The maximum absolute atomic E-state index is 13.1. The number of hydrogen-bond donors (Lipinski definition) is 0. The fraction of sp³-hybridized carbons (Fsp3) is 0.389. The second kappa shape index (κ2) is 8.67. The van der Waals surface area contributed by atoms with E-state index in [4.69, 9.17) is 27.9 Å². The summed E-state index contributed by atoms with van der Waals surface area (Å²) in [5, 5.41) is 0.743. The first-order valence-corrected chi connectivity index (χ1v) is 10.7. The number of ether oxygens (including phenoxy) is 1. The highest BCUT2D eigenvalue weighted by atomic mass is 35.5. The van der Waals surface area contributed by atoms with Gasteiger partial charge in [-0.25, -0.2) is 8.42 Å². The van der Waals surface area contributed by atoms with Crippen LogP contribution >= 0.6 is 23.2 Å². The molecule has 2 heterocycles. The Hall–Kier alpha value is -1.18. The number of nitrogens with zero attached hydrogens (tertiary/aromatic N) is 2. The number of halogens is 2. The standard InChI is InChI=1S/C18H20Cl2N2O3S/c19-17-7-6-14(10-18(17)20)13-26(23,24)22(12-16-5-3-9-25-16)11-15-4-1-2-8-21-15/h1-2,4,6-8,10,16H,3,5,9,11-13H2. The van der Waals surface area contributed by atoms with Crippen LogP contribution in [0.3, 0.4) is 0 Å². The van der Waals surface area contributed by atoms with E-state index in [1.165, 1.54) is 4.31 Å². The maximum atomic E-state index is 13.1. The van der Waals surface area contributed by atoms with E-state index in [-0.39, 0.29) is 18.4 Å². The normalized spacial score (nSPS) is 17.7. The van der Waals surface area contributed by atoms with Crippen molar-refractivity contribution in [2.24, 2.45) is 0 Å². The highest BCUT2D eigenvalue weighted by molar-refractivity contribution is 7.88. The molecule has 2 aromatic rings. The van der Waals surface area contributed by atoms with Crippen LogP contribution in [0.15, 0.2) is 42.6 Å². The number of sulfonamides is 1. The Morgan fingerprint density at radius 1 is 1.19 bits per heavy atom. The molecule has 1 unspecified atom stereocenters. The molecule has 1 aromatic carbocycles. The van der Waals surface area contributed by atoms with Crippen LogP contribution in [0, 0.1) is 0 Å². The summed E-state index contributed by atoms with van der Waals surface area (Å²) in [6.45, 7) is 1.21. The summed E-state index contributed by atoms with van der Waals surface area (Å²) < 4.78 is 33.2. The SMILES string of the molecule is O=S(=O)(Cc1ccc(Cl)c(Cl)c1)N(Cc1ccccn1)CC1CCCO1. The Balaban J connectivity index is 1.81. The van der Waals surface area contributed by atoms with Gasteiger partial charge in [-0.1, -0.05) is 35.3 Å². The number of pyridine rings is 1. The molecule has 0 spiro atoms. The second-order valence-electron chi connectivity index (χ2n) is 6.25.